The summed E-state index contributed by atoms with van der Waals surface area (Å²) in [5, 5.41) is 5.58. The van der Waals surface area contributed by atoms with Gasteiger partial charge in [-0.2, -0.15) is 0 Å². The molecule has 7 nitrogen and oxygen atoms in total. The lowest BCUT2D eigenvalue weighted by molar-refractivity contribution is -0.134. The Hall–Kier alpha value is -0.700. The number of carbonyl (C=O) groups is 1. The van der Waals surface area contributed by atoms with Gasteiger partial charge in [-0.05, 0) is 0 Å². The van der Waals surface area contributed by atoms with Gasteiger partial charge in [0.1, 0.15) is 6.10 Å². The molecule has 1 unspecified atom stereocenters. The zero-order valence-corrected chi connectivity index (χ0v) is 10.9. The van der Waals surface area contributed by atoms with Gasteiger partial charge in [-0.25, -0.2) is 12.7 Å². The van der Waals surface area contributed by atoms with Crippen LogP contribution in [0.1, 0.15) is 0 Å². The average Bonchev–Trinajstić information content (AvgIpc) is 2.29. The van der Waals surface area contributed by atoms with E-state index in [0.717, 1.165) is 10.8 Å². The number of nitrogens with one attached hydrogen (secondary N) is 2. The van der Waals surface area contributed by atoms with Crippen molar-refractivity contribution < 1.29 is 17.9 Å². The normalized spacial score (nSPS) is 21.5. The van der Waals surface area contributed by atoms with Crippen LogP contribution < -0.4 is 10.6 Å². The highest BCUT2D eigenvalue weighted by atomic mass is 32.2. The van der Waals surface area contributed by atoms with Gasteiger partial charge in [0, 0.05) is 33.7 Å². The largest absolute Gasteiger partial charge is 0.366 e. The van der Waals surface area contributed by atoms with Gasteiger partial charge in [-0.15, -0.1) is 0 Å². The fourth-order valence-corrected chi connectivity index (χ4v) is 2.06. The van der Waals surface area contributed by atoms with Crippen molar-refractivity contribution in [3.63, 3.8) is 0 Å². The Morgan fingerprint density at radius 1 is 1.53 bits per heavy atom. The van der Waals surface area contributed by atoms with Crippen LogP contribution in [0.25, 0.3) is 0 Å². The van der Waals surface area contributed by atoms with Crippen LogP contribution in [0.15, 0.2) is 0 Å². The molecule has 1 rings (SSSR count). The molecule has 0 spiro atoms. The van der Waals surface area contributed by atoms with E-state index in [1.165, 1.54) is 14.1 Å². The third-order valence-electron chi connectivity index (χ3n) is 2.44. The number of rotatable bonds is 5. The third kappa shape index (κ3) is 4.58. The zero-order chi connectivity index (χ0) is 12.9. The predicted molar refractivity (Wildman–Crippen MR) is 63.1 cm³/mol. The van der Waals surface area contributed by atoms with Crippen LogP contribution in [0.4, 0.5) is 0 Å². The van der Waals surface area contributed by atoms with E-state index >= 15 is 0 Å². The topological polar surface area (TPSA) is 87.7 Å². The average molecular weight is 265 g/mol. The van der Waals surface area contributed by atoms with Crippen molar-refractivity contribution in [1.29, 1.82) is 0 Å². The summed E-state index contributed by atoms with van der Waals surface area (Å²) in [6.45, 7) is 1.79. The summed E-state index contributed by atoms with van der Waals surface area (Å²) >= 11 is 0. The zero-order valence-electron chi connectivity index (χ0n) is 10.1. The lowest BCUT2D eigenvalue weighted by Gasteiger charge is -2.22. The van der Waals surface area contributed by atoms with Gasteiger partial charge in [0.05, 0.1) is 12.4 Å². The second kappa shape index (κ2) is 6.29. The summed E-state index contributed by atoms with van der Waals surface area (Å²) in [5.74, 6) is -0.377. The summed E-state index contributed by atoms with van der Waals surface area (Å²) < 4.78 is 29.2. The van der Waals surface area contributed by atoms with E-state index in [4.69, 9.17) is 4.74 Å². The minimum absolute atomic E-state index is 0.0964. The number of hydrogen-bond donors (Lipinski definition) is 2. The molecule has 0 aromatic carbocycles. The summed E-state index contributed by atoms with van der Waals surface area (Å²) in [4.78, 5) is 11.6. The molecule has 0 saturated carbocycles. The lowest BCUT2D eigenvalue weighted by atomic mass is 10.3. The van der Waals surface area contributed by atoms with Crippen molar-refractivity contribution in [1.82, 2.24) is 14.9 Å². The molecule has 1 aliphatic heterocycles. The minimum Gasteiger partial charge on any atom is -0.366 e. The molecule has 1 atom stereocenters. The molecule has 0 bridgehead atoms. The maximum Gasteiger partial charge on any atom is 0.250 e. The summed E-state index contributed by atoms with van der Waals surface area (Å²) in [6, 6.07) is 0. The van der Waals surface area contributed by atoms with Crippen LogP contribution in [0, 0.1) is 0 Å². The molecule has 0 aromatic heterocycles. The Morgan fingerprint density at radius 3 is 2.76 bits per heavy atom. The van der Waals surface area contributed by atoms with Crippen LogP contribution in [-0.2, 0) is 19.6 Å². The van der Waals surface area contributed by atoms with Crippen LogP contribution in [-0.4, -0.2) is 70.8 Å². The van der Waals surface area contributed by atoms with Gasteiger partial charge < -0.3 is 15.4 Å². The second-order valence-electron chi connectivity index (χ2n) is 3.95. The third-order valence-corrected chi connectivity index (χ3v) is 4.27. The molecular formula is C9H19N3O4S. The van der Waals surface area contributed by atoms with E-state index in [9.17, 15) is 13.2 Å². The van der Waals surface area contributed by atoms with E-state index in [1.807, 2.05) is 0 Å². The molecule has 1 saturated heterocycles. The SMILES string of the molecule is CN(C)S(=O)(=O)CCNC(=O)C1CNCCO1. The number of hydrogen-bond acceptors (Lipinski definition) is 5. The standard InChI is InChI=1S/C9H19N3O4S/c1-12(2)17(14,15)6-4-11-9(13)8-7-10-3-5-16-8/h8,10H,3-7H2,1-2H3,(H,11,13). The first-order valence-electron chi connectivity index (χ1n) is 5.44. The Kier molecular flexibility index (Phi) is 5.31. The Bertz CT molecular complexity index is 349. The maximum atomic E-state index is 11.6. The van der Waals surface area contributed by atoms with Crippen LogP contribution in [0.3, 0.4) is 0 Å². The molecule has 100 valence electrons. The van der Waals surface area contributed by atoms with Gasteiger partial charge >= 0.3 is 0 Å². The van der Waals surface area contributed by atoms with Crippen LogP contribution in [0.2, 0.25) is 0 Å². The highest BCUT2D eigenvalue weighted by Gasteiger charge is 2.22. The Morgan fingerprint density at radius 2 is 2.24 bits per heavy atom. The molecule has 0 aromatic rings. The summed E-state index contributed by atoms with van der Waals surface area (Å²) in [7, 11) is -0.335. The first-order valence-corrected chi connectivity index (χ1v) is 7.04. The highest BCUT2D eigenvalue weighted by Crippen LogP contribution is 1.96. The lowest BCUT2D eigenvalue weighted by Crippen LogP contribution is -2.48. The highest BCUT2D eigenvalue weighted by molar-refractivity contribution is 7.89. The fraction of sp³-hybridized carbons (Fsp3) is 0.889. The van der Waals surface area contributed by atoms with Crippen LogP contribution >= 0.6 is 0 Å². The van der Waals surface area contributed by atoms with E-state index < -0.39 is 16.1 Å². The molecule has 2 N–H and O–H groups in total. The van der Waals surface area contributed by atoms with Gasteiger partial charge in [-0.1, -0.05) is 0 Å². The molecule has 1 amide bonds. The van der Waals surface area contributed by atoms with Crippen molar-refractivity contribution in [3.8, 4) is 0 Å². The second-order valence-corrected chi connectivity index (χ2v) is 6.26. The quantitative estimate of drug-likeness (QED) is 0.599. The smallest absolute Gasteiger partial charge is 0.250 e. The summed E-state index contributed by atoms with van der Waals surface area (Å²) in [5.41, 5.74) is 0. The first-order chi connectivity index (χ1) is 7.93. The van der Waals surface area contributed by atoms with Gasteiger partial charge in [0.25, 0.3) is 0 Å². The Labute approximate surface area is 102 Å². The molecule has 1 aliphatic rings. The molecule has 8 heteroatoms. The van der Waals surface area contributed by atoms with Crippen molar-refractivity contribution in [2.75, 3.05) is 46.1 Å². The van der Waals surface area contributed by atoms with Crippen molar-refractivity contribution in [2.45, 2.75) is 6.10 Å². The number of amides is 1. The predicted octanol–water partition coefficient (Wildman–Crippen LogP) is -2.02. The molecule has 1 fully saturated rings. The number of carbonyl (C=O) groups excluding carboxylic acids is 1. The summed E-state index contributed by atoms with van der Waals surface area (Å²) in [6.07, 6.45) is -0.522. The van der Waals surface area contributed by atoms with Crippen LogP contribution in [0.5, 0.6) is 0 Å². The van der Waals surface area contributed by atoms with E-state index in [1.54, 1.807) is 0 Å². The Balaban J connectivity index is 2.29. The number of morpholine rings is 1. The molecule has 17 heavy (non-hydrogen) atoms. The number of nitrogens with zero attached hydrogens (tertiary/aromatic N) is 1. The first kappa shape index (κ1) is 14.4. The minimum atomic E-state index is -3.26. The van der Waals surface area contributed by atoms with Crippen molar-refractivity contribution in [2.24, 2.45) is 0 Å². The molecule has 0 radical (unpaired) electrons. The van der Waals surface area contributed by atoms with Gasteiger partial charge in [0.2, 0.25) is 15.9 Å². The monoisotopic (exact) mass is 265 g/mol. The fourth-order valence-electron chi connectivity index (χ4n) is 1.33. The number of sulfonamides is 1. The van der Waals surface area contributed by atoms with Gasteiger partial charge in [-0.3, -0.25) is 4.79 Å². The maximum absolute atomic E-state index is 11.6. The number of ether oxygens (including phenoxy) is 1. The molecule has 1 heterocycles. The van der Waals surface area contributed by atoms with E-state index in [-0.39, 0.29) is 18.2 Å². The van der Waals surface area contributed by atoms with Gasteiger partial charge in [0.15, 0.2) is 0 Å². The van der Waals surface area contributed by atoms with E-state index in [0.29, 0.717) is 13.2 Å². The van der Waals surface area contributed by atoms with Crippen molar-refractivity contribution >= 4 is 15.9 Å². The van der Waals surface area contributed by atoms with E-state index in [2.05, 4.69) is 10.6 Å². The van der Waals surface area contributed by atoms with Crippen molar-refractivity contribution in [3.05, 3.63) is 0 Å². The molecule has 0 aliphatic carbocycles. The molecular weight excluding hydrogens is 246 g/mol.